The zero-order valence-electron chi connectivity index (χ0n) is 11.4. The lowest BCUT2D eigenvalue weighted by Crippen LogP contribution is -2.12. The lowest BCUT2D eigenvalue weighted by Gasteiger charge is -2.21. The second-order valence-corrected chi connectivity index (χ2v) is 5.16. The zero-order valence-corrected chi connectivity index (χ0v) is 11.4. The minimum absolute atomic E-state index is 0.228. The largest absolute Gasteiger partial charge is 0.491 e. The van der Waals surface area contributed by atoms with Gasteiger partial charge in [0.1, 0.15) is 5.75 Å². The van der Waals surface area contributed by atoms with E-state index in [2.05, 4.69) is 38.1 Å². The minimum Gasteiger partial charge on any atom is -0.491 e. The van der Waals surface area contributed by atoms with Crippen LogP contribution in [0.15, 0.2) is 24.3 Å². The molecule has 17 heavy (non-hydrogen) atoms. The summed E-state index contributed by atoms with van der Waals surface area (Å²) in [6.45, 7) is 9.32. The van der Waals surface area contributed by atoms with Crippen molar-refractivity contribution in [3.05, 3.63) is 29.8 Å². The van der Waals surface area contributed by atoms with E-state index in [-0.39, 0.29) is 6.10 Å². The summed E-state index contributed by atoms with van der Waals surface area (Å²) < 4.78 is 5.64. The molecule has 2 N–H and O–H groups in total. The molecule has 96 valence electrons. The van der Waals surface area contributed by atoms with Crippen LogP contribution in [0.1, 0.15) is 45.6 Å². The predicted octanol–water partition coefficient (Wildman–Crippen LogP) is 3.56. The monoisotopic (exact) mass is 235 g/mol. The van der Waals surface area contributed by atoms with Crippen molar-refractivity contribution in [2.75, 3.05) is 6.54 Å². The second kappa shape index (κ2) is 6.65. The third-order valence-electron chi connectivity index (χ3n) is 2.96. The molecule has 0 bridgehead atoms. The molecule has 0 aliphatic heterocycles. The van der Waals surface area contributed by atoms with E-state index in [1.807, 2.05) is 13.8 Å². The number of rotatable bonds is 6. The van der Waals surface area contributed by atoms with Crippen LogP contribution in [0.2, 0.25) is 0 Å². The Hall–Kier alpha value is -1.02. The molecule has 0 aliphatic carbocycles. The van der Waals surface area contributed by atoms with Crippen LogP contribution >= 0.6 is 0 Å². The molecule has 1 aromatic carbocycles. The van der Waals surface area contributed by atoms with Crippen LogP contribution in [0.25, 0.3) is 0 Å². The quantitative estimate of drug-likeness (QED) is 0.818. The molecule has 0 fully saturated rings. The van der Waals surface area contributed by atoms with E-state index < -0.39 is 0 Å². The van der Waals surface area contributed by atoms with Crippen molar-refractivity contribution in [1.82, 2.24) is 0 Å². The Morgan fingerprint density at radius 1 is 1.06 bits per heavy atom. The average molecular weight is 235 g/mol. The van der Waals surface area contributed by atoms with E-state index in [0.717, 1.165) is 18.7 Å². The van der Waals surface area contributed by atoms with Gasteiger partial charge < -0.3 is 10.5 Å². The molecule has 0 radical (unpaired) electrons. The normalized spacial score (nSPS) is 13.1. The number of ether oxygens (including phenoxy) is 1. The highest BCUT2D eigenvalue weighted by atomic mass is 16.5. The van der Waals surface area contributed by atoms with Gasteiger partial charge in [-0.05, 0) is 56.3 Å². The number of nitrogens with two attached hydrogens (primary N) is 1. The van der Waals surface area contributed by atoms with Crippen LogP contribution in [0.5, 0.6) is 5.75 Å². The van der Waals surface area contributed by atoms with Crippen LogP contribution in [0, 0.1) is 5.92 Å². The summed E-state index contributed by atoms with van der Waals surface area (Å²) in [6.07, 6.45) is 1.27. The molecule has 0 aromatic heterocycles. The van der Waals surface area contributed by atoms with Crippen molar-refractivity contribution in [2.24, 2.45) is 11.7 Å². The summed E-state index contributed by atoms with van der Waals surface area (Å²) >= 11 is 0. The molecule has 1 aromatic rings. The molecule has 0 spiro atoms. The van der Waals surface area contributed by atoms with Crippen LogP contribution in [-0.4, -0.2) is 12.6 Å². The minimum atomic E-state index is 0.228. The Morgan fingerprint density at radius 2 is 1.65 bits per heavy atom. The lowest BCUT2D eigenvalue weighted by atomic mass is 9.86. The van der Waals surface area contributed by atoms with Gasteiger partial charge in [-0.25, -0.2) is 0 Å². The van der Waals surface area contributed by atoms with E-state index >= 15 is 0 Å². The van der Waals surface area contributed by atoms with Gasteiger partial charge in [-0.2, -0.15) is 0 Å². The Labute approximate surface area is 105 Å². The third kappa shape index (κ3) is 4.39. The Bertz CT molecular complexity index is 316. The fraction of sp³-hybridized carbons (Fsp3) is 0.600. The van der Waals surface area contributed by atoms with Gasteiger partial charge in [0.15, 0.2) is 0 Å². The van der Waals surface area contributed by atoms with Crippen LogP contribution in [0.4, 0.5) is 0 Å². The summed E-state index contributed by atoms with van der Waals surface area (Å²) in [6, 6.07) is 8.44. The van der Waals surface area contributed by atoms with Crippen molar-refractivity contribution in [2.45, 2.75) is 46.1 Å². The SMILES string of the molecule is CC(C)Oc1ccc([C@H](CCN)C(C)C)cc1. The first-order valence-electron chi connectivity index (χ1n) is 6.51. The first kappa shape index (κ1) is 14.0. The Kier molecular flexibility index (Phi) is 5.49. The number of hydrogen-bond acceptors (Lipinski definition) is 2. The summed E-state index contributed by atoms with van der Waals surface area (Å²) in [5.41, 5.74) is 7.04. The molecular formula is C15H25NO. The van der Waals surface area contributed by atoms with E-state index in [0.29, 0.717) is 11.8 Å². The maximum absolute atomic E-state index is 5.68. The van der Waals surface area contributed by atoms with Gasteiger partial charge in [0.05, 0.1) is 6.10 Å². The van der Waals surface area contributed by atoms with Gasteiger partial charge in [-0.3, -0.25) is 0 Å². The van der Waals surface area contributed by atoms with Gasteiger partial charge in [0, 0.05) is 0 Å². The maximum atomic E-state index is 5.68. The van der Waals surface area contributed by atoms with Crippen molar-refractivity contribution in [3.8, 4) is 5.75 Å². The van der Waals surface area contributed by atoms with E-state index in [1.54, 1.807) is 0 Å². The van der Waals surface area contributed by atoms with E-state index in [4.69, 9.17) is 10.5 Å². The Balaban J connectivity index is 2.77. The summed E-state index contributed by atoms with van der Waals surface area (Å²) in [5.74, 6) is 2.11. The van der Waals surface area contributed by atoms with Crippen LogP contribution < -0.4 is 10.5 Å². The van der Waals surface area contributed by atoms with Crippen LogP contribution in [-0.2, 0) is 0 Å². The molecule has 2 heteroatoms. The van der Waals surface area contributed by atoms with Gasteiger partial charge in [0.2, 0.25) is 0 Å². The van der Waals surface area contributed by atoms with Crippen molar-refractivity contribution < 1.29 is 4.74 Å². The van der Waals surface area contributed by atoms with Crippen molar-refractivity contribution in [1.29, 1.82) is 0 Å². The molecule has 2 nitrogen and oxygen atoms in total. The highest BCUT2D eigenvalue weighted by molar-refractivity contribution is 5.29. The number of hydrogen-bond donors (Lipinski definition) is 1. The molecular weight excluding hydrogens is 210 g/mol. The number of benzene rings is 1. The predicted molar refractivity (Wildman–Crippen MR) is 73.5 cm³/mol. The summed E-state index contributed by atoms with van der Waals surface area (Å²) in [5, 5.41) is 0. The Morgan fingerprint density at radius 3 is 2.06 bits per heavy atom. The summed E-state index contributed by atoms with van der Waals surface area (Å²) in [7, 11) is 0. The third-order valence-corrected chi connectivity index (χ3v) is 2.96. The second-order valence-electron chi connectivity index (χ2n) is 5.16. The highest BCUT2D eigenvalue weighted by Crippen LogP contribution is 2.28. The van der Waals surface area contributed by atoms with Gasteiger partial charge >= 0.3 is 0 Å². The molecule has 1 atom stereocenters. The van der Waals surface area contributed by atoms with E-state index in [1.165, 1.54) is 5.56 Å². The van der Waals surface area contributed by atoms with Crippen molar-refractivity contribution in [3.63, 3.8) is 0 Å². The fourth-order valence-corrected chi connectivity index (χ4v) is 2.13. The molecule has 0 heterocycles. The van der Waals surface area contributed by atoms with E-state index in [9.17, 15) is 0 Å². The molecule has 0 aliphatic rings. The van der Waals surface area contributed by atoms with Crippen LogP contribution in [0.3, 0.4) is 0 Å². The first-order valence-corrected chi connectivity index (χ1v) is 6.51. The fourth-order valence-electron chi connectivity index (χ4n) is 2.13. The highest BCUT2D eigenvalue weighted by Gasteiger charge is 2.14. The topological polar surface area (TPSA) is 35.2 Å². The standard InChI is InChI=1S/C15H25NO/c1-11(2)15(9-10-16)13-5-7-14(8-6-13)17-12(3)4/h5-8,11-12,15H,9-10,16H2,1-4H3/t15-/m1/s1. The average Bonchev–Trinajstić information content (AvgIpc) is 2.26. The lowest BCUT2D eigenvalue weighted by molar-refractivity contribution is 0.242. The molecule has 0 amide bonds. The molecule has 0 saturated carbocycles. The van der Waals surface area contributed by atoms with Crippen molar-refractivity contribution >= 4 is 0 Å². The molecule has 0 saturated heterocycles. The van der Waals surface area contributed by atoms with Gasteiger partial charge in [-0.15, -0.1) is 0 Å². The molecule has 1 rings (SSSR count). The van der Waals surface area contributed by atoms with Gasteiger partial charge in [-0.1, -0.05) is 26.0 Å². The molecule has 0 unspecified atom stereocenters. The smallest absolute Gasteiger partial charge is 0.119 e. The van der Waals surface area contributed by atoms with Gasteiger partial charge in [0.25, 0.3) is 0 Å². The summed E-state index contributed by atoms with van der Waals surface area (Å²) in [4.78, 5) is 0. The zero-order chi connectivity index (χ0) is 12.8. The first-order chi connectivity index (χ1) is 8.04. The maximum Gasteiger partial charge on any atom is 0.119 e.